The van der Waals surface area contributed by atoms with Gasteiger partial charge in [-0.25, -0.2) is 4.39 Å². The van der Waals surface area contributed by atoms with Gasteiger partial charge in [-0.05, 0) is 50.6 Å². The lowest BCUT2D eigenvalue weighted by atomic mass is 9.93. The topological polar surface area (TPSA) is 21.1 Å². The summed E-state index contributed by atoms with van der Waals surface area (Å²) in [5.74, 6) is -0.124. The summed E-state index contributed by atoms with van der Waals surface area (Å²) in [5, 5.41) is 1.06. The van der Waals surface area contributed by atoms with Gasteiger partial charge in [0.05, 0.1) is 5.52 Å². The second-order valence-electron chi connectivity index (χ2n) is 7.15. The monoisotopic (exact) mass is 337 g/mol. The van der Waals surface area contributed by atoms with E-state index >= 15 is 0 Å². The number of rotatable bonds is 3. The fourth-order valence-corrected chi connectivity index (χ4v) is 4.17. The van der Waals surface area contributed by atoms with Crippen molar-refractivity contribution < 1.29 is 4.39 Å². The van der Waals surface area contributed by atoms with Crippen molar-refractivity contribution in [2.75, 3.05) is 7.05 Å². The zero-order valence-electron chi connectivity index (χ0n) is 15.0. The molecule has 25 heavy (non-hydrogen) atoms. The number of aryl methyl sites for hydroxylation is 2. The summed E-state index contributed by atoms with van der Waals surface area (Å²) in [4.78, 5) is 6.58. The second kappa shape index (κ2) is 6.26. The van der Waals surface area contributed by atoms with Crippen LogP contribution in [0.4, 0.5) is 4.39 Å². The Morgan fingerprint density at radius 2 is 2.04 bits per heavy atom. The summed E-state index contributed by atoms with van der Waals surface area (Å²) in [5.41, 5.74) is 4.53. The number of benzene rings is 1. The fraction of sp³-hybridized carbons (Fsp3) is 0.381. The lowest BCUT2D eigenvalue weighted by molar-refractivity contribution is 0.177. The molecular formula is C21H24FN3. The normalized spacial score (nSPS) is 20.8. The highest BCUT2D eigenvalue weighted by molar-refractivity contribution is 5.87. The van der Waals surface area contributed by atoms with Crippen LogP contribution < -0.4 is 0 Å². The van der Waals surface area contributed by atoms with Crippen LogP contribution in [0.2, 0.25) is 0 Å². The molecule has 1 aliphatic heterocycles. The molecule has 0 radical (unpaired) electrons. The van der Waals surface area contributed by atoms with Crippen molar-refractivity contribution in [1.82, 2.24) is 14.5 Å². The second-order valence-corrected chi connectivity index (χ2v) is 7.15. The zero-order valence-corrected chi connectivity index (χ0v) is 15.0. The van der Waals surface area contributed by atoms with Crippen LogP contribution in [0.25, 0.3) is 10.9 Å². The van der Waals surface area contributed by atoms with Crippen molar-refractivity contribution >= 4 is 10.9 Å². The van der Waals surface area contributed by atoms with Crippen LogP contribution >= 0.6 is 0 Å². The van der Waals surface area contributed by atoms with Crippen molar-refractivity contribution in [1.29, 1.82) is 0 Å². The van der Waals surface area contributed by atoms with Gasteiger partial charge >= 0.3 is 0 Å². The van der Waals surface area contributed by atoms with Gasteiger partial charge in [-0.1, -0.05) is 18.2 Å². The largest absolute Gasteiger partial charge is 0.341 e. The average molecular weight is 337 g/mol. The van der Waals surface area contributed by atoms with E-state index in [2.05, 4.69) is 47.5 Å². The summed E-state index contributed by atoms with van der Waals surface area (Å²) >= 11 is 0. The first-order valence-electron chi connectivity index (χ1n) is 8.98. The molecule has 4 rings (SSSR count). The molecular weight excluding hydrogens is 313 g/mol. The van der Waals surface area contributed by atoms with Crippen LogP contribution in [0.15, 0.2) is 42.7 Å². The maximum absolute atomic E-state index is 14.7. The molecule has 0 fully saturated rings. The molecule has 3 aromatic rings. The number of para-hydroxylation sites is 1. The van der Waals surface area contributed by atoms with Gasteiger partial charge in [0.15, 0.2) is 0 Å². The molecule has 0 saturated carbocycles. The van der Waals surface area contributed by atoms with Gasteiger partial charge in [-0.2, -0.15) is 0 Å². The van der Waals surface area contributed by atoms with E-state index in [1.807, 2.05) is 18.3 Å². The molecule has 3 heterocycles. The van der Waals surface area contributed by atoms with Crippen LogP contribution in [0.3, 0.4) is 0 Å². The third kappa shape index (κ3) is 2.65. The minimum Gasteiger partial charge on any atom is -0.341 e. The third-order valence-corrected chi connectivity index (χ3v) is 5.74. The number of nitrogens with zero attached hydrogens (tertiary/aromatic N) is 3. The van der Waals surface area contributed by atoms with Gasteiger partial charge in [-0.3, -0.25) is 9.88 Å². The van der Waals surface area contributed by atoms with Crippen LogP contribution in [-0.4, -0.2) is 27.5 Å². The third-order valence-electron chi connectivity index (χ3n) is 5.74. The minimum atomic E-state index is -0.124. The van der Waals surface area contributed by atoms with E-state index in [-0.39, 0.29) is 5.82 Å². The van der Waals surface area contributed by atoms with E-state index in [1.54, 1.807) is 12.3 Å². The summed E-state index contributed by atoms with van der Waals surface area (Å²) in [6, 6.07) is 10.3. The molecule has 2 atom stereocenters. The van der Waals surface area contributed by atoms with Crippen LogP contribution in [-0.2, 0) is 19.4 Å². The number of pyridine rings is 1. The first-order chi connectivity index (χ1) is 12.1. The number of hydrogen-bond donors (Lipinski definition) is 0. The molecule has 2 unspecified atom stereocenters. The molecule has 0 aliphatic carbocycles. The molecule has 0 amide bonds. The highest BCUT2D eigenvalue weighted by atomic mass is 19.1. The Balaban J connectivity index is 1.84. The number of hydrogen-bond acceptors (Lipinski definition) is 2. The summed E-state index contributed by atoms with van der Waals surface area (Å²) < 4.78 is 16.9. The summed E-state index contributed by atoms with van der Waals surface area (Å²) in [7, 11) is 2.16. The highest BCUT2D eigenvalue weighted by Gasteiger charge is 2.32. The molecule has 0 bridgehead atoms. The average Bonchev–Trinajstić information content (AvgIpc) is 2.93. The maximum Gasteiger partial charge on any atom is 0.147 e. The molecule has 2 aromatic heterocycles. The Bertz CT molecular complexity index is 900. The standard InChI is InChI=1S/C21H24FN3/c1-14-12-19-20(15(2)24(14)3)17-7-4-8-18(22)21(17)25(19)11-9-16-6-5-10-23-13-16/h4-8,10,13-15H,9,11-12H2,1-3H3. The summed E-state index contributed by atoms with van der Waals surface area (Å²) in [6.45, 7) is 5.25. The van der Waals surface area contributed by atoms with E-state index in [0.717, 1.165) is 30.3 Å². The number of halogens is 1. The molecule has 0 N–H and O–H groups in total. The highest BCUT2D eigenvalue weighted by Crippen LogP contribution is 2.39. The van der Waals surface area contributed by atoms with E-state index < -0.39 is 0 Å². The Labute approximate surface area is 148 Å². The van der Waals surface area contributed by atoms with Crippen molar-refractivity contribution in [2.45, 2.75) is 45.3 Å². The minimum absolute atomic E-state index is 0.124. The summed E-state index contributed by atoms with van der Waals surface area (Å²) in [6.07, 6.45) is 5.50. The van der Waals surface area contributed by atoms with Gasteiger partial charge in [0.1, 0.15) is 5.82 Å². The van der Waals surface area contributed by atoms with Crippen molar-refractivity contribution in [3.8, 4) is 0 Å². The Morgan fingerprint density at radius 3 is 2.80 bits per heavy atom. The molecule has 130 valence electrons. The molecule has 1 aliphatic rings. The van der Waals surface area contributed by atoms with Gasteiger partial charge in [0, 0.05) is 48.5 Å². The van der Waals surface area contributed by atoms with Crippen LogP contribution in [0.5, 0.6) is 0 Å². The molecule has 3 nitrogen and oxygen atoms in total. The van der Waals surface area contributed by atoms with Crippen LogP contribution in [0, 0.1) is 5.82 Å². The van der Waals surface area contributed by atoms with E-state index in [4.69, 9.17) is 0 Å². The Morgan fingerprint density at radius 1 is 1.20 bits per heavy atom. The smallest absolute Gasteiger partial charge is 0.147 e. The Hall–Kier alpha value is -2.20. The number of aromatic nitrogens is 2. The van der Waals surface area contributed by atoms with Gasteiger partial charge in [0.25, 0.3) is 0 Å². The quantitative estimate of drug-likeness (QED) is 0.708. The van der Waals surface area contributed by atoms with Crippen molar-refractivity contribution in [3.05, 3.63) is 65.4 Å². The van der Waals surface area contributed by atoms with Gasteiger partial charge in [-0.15, -0.1) is 0 Å². The zero-order chi connectivity index (χ0) is 17.6. The molecule has 1 aromatic carbocycles. The molecule has 4 heteroatoms. The predicted octanol–water partition coefficient (Wildman–Crippen LogP) is 4.36. The number of fused-ring (bicyclic) bond motifs is 3. The lowest BCUT2D eigenvalue weighted by Crippen LogP contribution is -2.38. The van der Waals surface area contributed by atoms with E-state index in [0.29, 0.717) is 12.1 Å². The molecule has 0 spiro atoms. The lowest BCUT2D eigenvalue weighted by Gasteiger charge is -2.36. The first kappa shape index (κ1) is 16.3. The van der Waals surface area contributed by atoms with Crippen molar-refractivity contribution in [2.24, 2.45) is 0 Å². The fourth-order valence-electron chi connectivity index (χ4n) is 4.17. The van der Waals surface area contributed by atoms with Gasteiger partial charge < -0.3 is 4.57 Å². The maximum atomic E-state index is 14.7. The SMILES string of the molecule is CC1Cc2c(c3cccc(F)c3n2CCc2cccnc2)C(C)N1C. The van der Waals surface area contributed by atoms with Gasteiger partial charge in [0.2, 0.25) is 0 Å². The van der Waals surface area contributed by atoms with E-state index in [1.165, 1.54) is 16.8 Å². The predicted molar refractivity (Wildman–Crippen MR) is 99.2 cm³/mol. The van der Waals surface area contributed by atoms with Crippen molar-refractivity contribution in [3.63, 3.8) is 0 Å². The molecule has 0 saturated heterocycles. The number of likely N-dealkylation sites (N-methyl/N-ethyl adjacent to an activating group) is 1. The van der Waals surface area contributed by atoms with E-state index in [9.17, 15) is 4.39 Å². The Kier molecular flexibility index (Phi) is 4.08. The van der Waals surface area contributed by atoms with Crippen LogP contribution in [0.1, 0.15) is 36.7 Å². The first-order valence-corrected chi connectivity index (χ1v) is 8.98.